The number of ether oxygens (including phenoxy) is 1. The van der Waals surface area contributed by atoms with E-state index in [0.29, 0.717) is 24.9 Å². The SMILES string of the molecule is Cc1c(C(C)(C)C)cc(CC(=O)OCC2CC3C=CC2C3)cc1C(C)(C)C. The van der Waals surface area contributed by atoms with E-state index in [9.17, 15) is 4.79 Å². The van der Waals surface area contributed by atoms with Crippen LogP contribution in [0.5, 0.6) is 0 Å². The number of hydrogen-bond acceptors (Lipinski definition) is 2. The van der Waals surface area contributed by atoms with Crippen LogP contribution < -0.4 is 0 Å². The molecule has 0 saturated heterocycles. The van der Waals surface area contributed by atoms with Gasteiger partial charge in [-0.25, -0.2) is 0 Å². The molecule has 0 spiro atoms. The molecule has 1 saturated carbocycles. The summed E-state index contributed by atoms with van der Waals surface area (Å²) in [5.41, 5.74) is 5.19. The highest BCUT2D eigenvalue weighted by molar-refractivity contribution is 5.73. The Morgan fingerprint density at radius 1 is 1.00 bits per heavy atom. The first kappa shape index (κ1) is 20.2. The molecule has 0 aromatic heterocycles. The van der Waals surface area contributed by atoms with E-state index in [1.807, 2.05) is 0 Å². The van der Waals surface area contributed by atoms with Gasteiger partial charge in [0.2, 0.25) is 0 Å². The fourth-order valence-electron chi connectivity index (χ4n) is 4.94. The standard InChI is InChI=1S/C25H36O2/c1-16-21(24(2,3)4)12-18(13-22(16)25(5,6)7)14-23(26)27-15-20-11-17-8-9-19(20)10-17/h8-9,12-13,17,19-20H,10-11,14-15H2,1-7H3. The second kappa shape index (κ2) is 7.11. The molecule has 0 aliphatic heterocycles. The predicted octanol–water partition coefficient (Wildman–Crippen LogP) is 5.89. The normalized spacial score (nSPS) is 24.5. The summed E-state index contributed by atoms with van der Waals surface area (Å²) in [7, 11) is 0. The Balaban J connectivity index is 1.73. The van der Waals surface area contributed by atoms with Crippen LogP contribution in [0.4, 0.5) is 0 Å². The summed E-state index contributed by atoms with van der Waals surface area (Å²) in [6, 6.07) is 4.43. The van der Waals surface area contributed by atoms with Crippen LogP contribution in [0.1, 0.15) is 76.6 Å². The molecule has 1 aromatic rings. The summed E-state index contributed by atoms with van der Waals surface area (Å²) < 4.78 is 5.69. The second-order valence-electron chi connectivity index (χ2n) is 10.7. The van der Waals surface area contributed by atoms with Crippen molar-refractivity contribution in [2.75, 3.05) is 6.61 Å². The van der Waals surface area contributed by atoms with Gasteiger partial charge in [-0.2, -0.15) is 0 Å². The summed E-state index contributed by atoms with van der Waals surface area (Å²) in [5, 5.41) is 0. The van der Waals surface area contributed by atoms with Gasteiger partial charge in [0.15, 0.2) is 0 Å². The minimum Gasteiger partial charge on any atom is -0.465 e. The summed E-state index contributed by atoms with van der Waals surface area (Å²) in [5.74, 6) is 1.78. The highest BCUT2D eigenvalue weighted by Gasteiger charge is 2.36. The van der Waals surface area contributed by atoms with Gasteiger partial charge in [-0.05, 0) is 70.6 Å². The number of esters is 1. The van der Waals surface area contributed by atoms with E-state index in [1.54, 1.807) is 0 Å². The van der Waals surface area contributed by atoms with Crippen molar-refractivity contribution < 1.29 is 9.53 Å². The van der Waals surface area contributed by atoms with Crippen LogP contribution in [0, 0.1) is 24.7 Å². The third-order valence-electron chi connectivity index (χ3n) is 6.31. The minimum atomic E-state index is -0.0923. The number of allylic oxidation sites excluding steroid dienone is 2. The van der Waals surface area contributed by atoms with Gasteiger partial charge < -0.3 is 4.74 Å². The molecule has 148 valence electrons. The molecule has 0 amide bonds. The maximum Gasteiger partial charge on any atom is 0.310 e. The van der Waals surface area contributed by atoms with Gasteiger partial charge in [-0.3, -0.25) is 4.79 Å². The van der Waals surface area contributed by atoms with Gasteiger partial charge >= 0.3 is 5.97 Å². The van der Waals surface area contributed by atoms with Crippen LogP contribution in [0.15, 0.2) is 24.3 Å². The monoisotopic (exact) mass is 368 g/mol. The molecule has 3 rings (SSSR count). The van der Waals surface area contributed by atoms with Crippen LogP contribution in [0.25, 0.3) is 0 Å². The van der Waals surface area contributed by atoms with E-state index in [2.05, 4.69) is 72.8 Å². The number of benzene rings is 1. The lowest BCUT2D eigenvalue weighted by Crippen LogP contribution is -2.22. The Bertz CT molecular complexity index is 708. The van der Waals surface area contributed by atoms with Crippen LogP contribution in [-0.4, -0.2) is 12.6 Å². The van der Waals surface area contributed by atoms with Crippen molar-refractivity contribution in [1.82, 2.24) is 0 Å². The van der Waals surface area contributed by atoms with Gasteiger partial charge in [0.25, 0.3) is 0 Å². The summed E-state index contributed by atoms with van der Waals surface area (Å²) in [6.45, 7) is 16.2. The van der Waals surface area contributed by atoms with Gasteiger partial charge in [0, 0.05) is 0 Å². The molecule has 3 atom stereocenters. The molecule has 1 fully saturated rings. The Morgan fingerprint density at radius 3 is 2.04 bits per heavy atom. The average molecular weight is 369 g/mol. The number of fused-ring (bicyclic) bond motifs is 2. The molecule has 3 unspecified atom stereocenters. The molecule has 2 aliphatic carbocycles. The largest absolute Gasteiger partial charge is 0.465 e. The fourth-order valence-corrected chi connectivity index (χ4v) is 4.94. The van der Waals surface area contributed by atoms with E-state index >= 15 is 0 Å². The predicted molar refractivity (Wildman–Crippen MR) is 112 cm³/mol. The summed E-state index contributed by atoms with van der Waals surface area (Å²) >= 11 is 0. The lowest BCUT2D eigenvalue weighted by Gasteiger charge is -2.29. The van der Waals surface area contributed by atoms with Crippen LogP contribution >= 0.6 is 0 Å². The molecule has 2 heteroatoms. The molecule has 0 heterocycles. The molecule has 2 bridgehead atoms. The molecule has 2 aliphatic rings. The first-order chi connectivity index (χ1) is 12.4. The van der Waals surface area contributed by atoms with E-state index in [0.717, 1.165) is 11.5 Å². The lowest BCUT2D eigenvalue weighted by molar-refractivity contribution is -0.144. The van der Waals surface area contributed by atoms with Crippen molar-refractivity contribution in [2.24, 2.45) is 17.8 Å². The van der Waals surface area contributed by atoms with E-state index in [1.165, 1.54) is 29.5 Å². The third-order valence-corrected chi connectivity index (χ3v) is 6.31. The van der Waals surface area contributed by atoms with Crippen molar-refractivity contribution in [3.63, 3.8) is 0 Å². The molecule has 0 radical (unpaired) electrons. The van der Waals surface area contributed by atoms with Crippen molar-refractivity contribution in [2.45, 2.75) is 78.6 Å². The zero-order chi connectivity index (χ0) is 20.0. The lowest BCUT2D eigenvalue weighted by atomic mass is 9.75. The first-order valence-corrected chi connectivity index (χ1v) is 10.4. The van der Waals surface area contributed by atoms with Gasteiger partial charge in [0.05, 0.1) is 13.0 Å². The molecule has 2 nitrogen and oxygen atoms in total. The second-order valence-corrected chi connectivity index (χ2v) is 10.7. The average Bonchev–Trinajstić information content (AvgIpc) is 3.15. The number of carbonyl (C=O) groups is 1. The maximum atomic E-state index is 12.5. The zero-order valence-electron chi connectivity index (χ0n) is 18.2. The van der Waals surface area contributed by atoms with Crippen LogP contribution in [0.3, 0.4) is 0 Å². The van der Waals surface area contributed by atoms with Crippen LogP contribution in [0.2, 0.25) is 0 Å². The highest BCUT2D eigenvalue weighted by atomic mass is 16.5. The van der Waals surface area contributed by atoms with Crippen molar-refractivity contribution >= 4 is 5.97 Å². The molecule has 0 N–H and O–H groups in total. The zero-order valence-corrected chi connectivity index (χ0v) is 18.2. The van der Waals surface area contributed by atoms with Gasteiger partial charge in [-0.15, -0.1) is 0 Å². The molecular weight excluding hydrogens is 332 g/mol. The smallest absolute Gasteiger partial charge is 0.310 e. The van der Waals surface area contributed by atoms with E-state index in [4.69, 9.17) is 4.74 Å². The van der Waals surface area contributed by atoms with E-state index < -0.39 is 0 Å². The maximum absolute atomic E-state index is 12.5. The Morgan fingerprint density at radius 2 is 1.59 bits per heavy atom. The summed E-state index contributed by atoms with van der Waals surface area (Å²) in [6.07, 6.45) is 7.45. The topological polar surface area (TPSA) is 26.3 Å². The van der Waals surface area contributed by atoms with Crippen LogP contribution in [-0.2, 0) is 26.8 Å². The van der Waals surface area contributed by atoms with Crippen molar-refractivity contribution in [1.29, 1.82) is 0 Å². The third kappa shape index (κ3) is 4.47. The van der Waals surface area contributed by atoms with Gasteiger partial charge in [0.1, 0.15) is 0 Å². The fraction of sp³-hybridized carbons (Fsp3) is 0.640. The number of hydrogen-bond donors (Lipinski definition) is 0. The first-order valence-electron chi connectivity index (χ1n) is 10.4. The molecule has 1 aromatic carbocycles. The Hall–Kier alpha value is -1.57. The Labute approximate surface area is 165 Å². The summed E-state index contributed by atoms with van der Waals surface area (Å²) in [4.78, 5) is 12.5. The minimum absolute atomic E-state index is 0.0550. The van der Waals surface area contributed by atoms with Gasteiger partial charge in [-0.1, -0.05) is 65.8 Å². The number of carbonyl (C=O) groups excluding carboxylic acids is 1. The van der Waals surface area contributed by atoms with E-state index in [-0.39, 0.29) is 16.8 Å². The molecule has 27 heavy (non-hydrogen) atoms. The highest BCUT2D eigenvalue weighted by Crippen LogP contribution is 2.43. The van der Waals surface area contributed by atoms with Crippen molar-refractivity contribution in [3.8, 4) is 0 Å². The molecular formula is C25H36O2. The Kier molecular flexibility index (Phi) is 5.31. The van der Waals surface area contributed by atoms with Crippen molar-refractivity contribution in [3.05, 3.63) is 46.5 Å². The number of rotatable bonds is 4. The quantitative estimate of drug-likeness (QED) is 0.489.